The monoisotopic (exact) mass is 292 g/mol. The molecule has 7 heteroatoms. The molecule has 2 amide bonds. The molecule has 2 atom stereocenters. The van der Waals surface area contributed by atoms with E-state index < -0.39 is 30.5 Å². The van der Waals surface area contributed by atoms with Crippen molar-refractivity contribution in [3.63, 3.8) is 0 Å². The van der Waals surface area contributed by atoms with Gasteiger partial charge in [0.25, 0.3) is 0 Å². The Morgan fingerprint density at radius 1 is 1.35 bits per heavy atom. The Balaban J connectivity index is 4.50. The number of carbonyl (C=O) groups excluding carboxylic acids is 2. The second kappa shape index (κ2) is 8.04. The fourth-order valence-corrected chi connectivity index (χ4v) is 1.43. The predicted octanol–water partition coefficient (Wildman–Crippen LogP) is 1.08. The first-order valence-corrected chi connectivity index (χ1v) is 6.50. The number of aliphatic hydroxyl groups excluding tert-OH is 1. The van der Waals surface area contributed by atoms with Crippen molar-refractivity contribution >= 4 is 12.0 Å². The molecule has 0 saturated carbocycles. The molecule has 0 aliphatic rings. The van der Waals surface area contributed by atoms with E-state index in [4.69, 9.17) is 4.74 Å². The second-order valence-corrected chi connectivity index (χ2v) is 5.80. The summed E-state index contributed by atoms with van der Waals surface area (Å²) in [6, 6.07) is -0.862. The first-order chi connectivity index (χ1) is 9.06. The lowest BCUT2D eigenvalue weighted by molar-refractivity contribution is -0.129. The second-order valence-electron chi connectivity index (χ2n) is 5.80. The van der Waals surface area contributed by atoms with Gasteiger partial charge in [0, 0.05) is 20.5 Å². The molecule has 0 saturated heterocycles. The number of halogens is 1. The highest BCUT2D eigenvalue weighted by Crippen LogP contribution is 2.10. The van der Waals surface area contributed by atoms with Crippen LogP contribution in [0.3, 0.4) is 0 Å². The Morgan fingerprint density at radius 2 is 1.90 bits per heavy atom. The molecular weight excluding hydrogens is 267 g/mol. The molecule has 0 spiro atoms. The van der Waals surface area contributed by atoms with E-state index in [-0.39, 0.29) is 18.7 Å². The van der Waals surface area contributed by atoms with Gasteiger partial charge in [-0.15, -0.1) is 0 Å². The number of ether oxygens (including phenoxy) is 1. The molecule has 118 valence electrons. The fraction of sp³-hybridized carbons (Fsp3) is 0.846. The van der Waals surface area contributed by atoms with Gasteiger partial charge in [0.2, 0.25) is 5.91 Å². The third-order valence-corrected chi connectivity index (χ3v) is 2.49. The first kappa shape index (κ1) is 18.6. The summed E-state index contributed by atoms with van der Waals surface area (Å²) in [6.07, 6.45) is -1.86. The van der Waals surface area contributed by atoms with Crippen molar-refractivity contribution < 1.29 is 23.8 Å². The number of hydrogen-bond acceptors (Lipinski definition) is 4. The van der Waals surface area contributed by atoms with Crippen molar-refractivity contribution in [2.75, 3.05) is 20.8 Å². The summed E-state index contributed by atoms with van der Waals surface area (Å²) < 4.78 is 17.6. The van der Waals surface area contributed by atoms with E-state index in [9.17, 15) is 19.1 Å². The number of nitrogens with one attached hydrogen (secondary N) is 1. The summed E-state index contributed by atoms with van der Waals surface area (Å²) in [5.74, 6) is -0.160. The van der Waals surface area contributed by atoms with Crippen molar-refractivity contribution in [3.05, 3.63) is 0 Å². The molecular formula is C13H25FN2O4. The van der Waals surface area contributed by atoms with Crippen LogP contribution in [0.1, 0.15) is 33.6 Å². The summed E-state index contributed by atoms with van der Waals surface area (Å²) in [5, 5.41) is 11.9. The van der Waals surface area contributed by atoms with Crippen LogP contribution in [0.15, 0.2) is 0 Å². The Hall–Kier alpha value is -1.37. The smallest absolute Gasteiger partial charge is 0.407 e. The number of nitrogens with zero attached hydrogens (tertiary/aromatic N) is 1. The minimum absolute atomic E-state index is 0.102. The molecule has 6 nitrogen and oxygen atoms in total. The minimum atomic E-state index is -1.36. The quantitative estimate of drug-likeness (QED) is 0.768. The molecule has 1 unspecified atom stereocenters. The lowest BCUT2D eigenvalue weighted by Gasteiger charge is -2.25. The van der Waals surface area contributed by atoms with Crippen molar-refractivity contribution in [3.8, 4) is 0 Å². The Labute approximate surface area is 119 Å². The van der Waals surface area contributed by atoms with Gasteiger partial charge in [-0.3, -0.25) is 4.79 Å². The number of amides is 2. The molecule has 0 aromatic carbocycles. The van der Waals surface area contributed by atoms with E-state index in [0.29, 0.717) is 0 Å². The van der Waals surface area contributed by atoms with E-state index in [0.717, 1.165) is 0 Å². The van der Waals surface area contributed by atoms with E-state index >= 15 is 0 Å². The lowest BCUT2D eigenvalue weighted by Crippen LogP contribution is -2.46. The molecule has 0 rings (SSSR count). The number of alkyl carbamates (subject to hydrolysis) is 1. The zero-order valence-corrected chi connectivity index (χ0v) is 12.8. The summed E-state index contributed by atoms with van der Waals surface area (Å²) in [6.45, 7) is 4.09. The highest BCUT2D eigenvalue weighted by molar-refractivity contribution is 5.75. The summed E-state index contributed by atoms with van der Waals surface area (Å²) in [7, 11) is 3.20. The average Bonchev–Trinajstić information content (AvgIpc) is 2.30. The maximum atomic E-state index is 12.6. The van der Waals surface area contributed by atoms with Crippen LogP contribution in [0, 0.1) is 0 Å². The Kier molecular flexibility index (Phi) is 7.49. The van der Waals surface area contributed by atoms with Crippen LogP contribution in [0.2, 0.25) is 0 Å². The first-order valence-electron chi connectivity index (χ1n) is 6.50. The van der Waals surface area contributed by atoms with Crippen LogP contribution < -0.4 is 5.32 Å². The van der Waals surface area contributed by atoms with Crippen LogP contribution in [-0.4, -0.2) is 60.5 Å². The minimum Gasteiger partial charge on any atom is -0.444 e. The lowest BCUT2D eigenvalue weighted by atomic mass is 10.1. The summed E-state index contributed by atoms with van der Waals surface area (Å²) in [5.41, 5.74) is -0.686. The third-order valence-electron chi connectivity index (χ3n) is 2.49. The van der Waals surface area contributed by atoms with Crippen molar-refractivity contribution in [1.82, 2.24) is 10.2 Å². The number of hydrogen-bond donors (Lipinski definition) is 2. The van der Waals surface area contributed by atoms with Gasteiger partial charge in [-0.05, 0) is 27.2 Å². The molecule has 0 aromatic rings. The molecule has 0 radical (unpaired) electrons. The number of aliphatic hydroxyl groups is 1. The van der Waals surface area contributed by atoms with E-state index in [2.05, 4.69) is 5.32 Å². The summed E-state index contributed by atoms with van der Waals surface area (Å²) in [4.78, 5) is 24.5. The third kappa shape index (κ3) is 7.93. The zero-order chi connectivity index (χ0) is 15.9. The highest BCUT2D eigenvalue weighted by atomic mass is 19.1. The summed E-state index contributed by atoms with van der Waals surface area (Å²) >= 11 is 0. The maximum absolute atomic E-state index is 12.6. The van der Waals surface area contributed by atoms with Crippen LogP contribution >= 0.6 is 0 Å². The molecule has 0 aromatic heterocycles. The van der Waals surface area contributed by atoms with Crippen LogP contribution in [0.25, 0.3) is 0 Å². The van der Waals surface area contributed by atoms with E-state index in [1.165, 1.54) is 4.90 Å². The average molecular weight is 292 g/mol. The topological polar surface area (TPSA) is 78.9 Å². The van der Waals surface area contributed by atoms with Crippen molar-refractivity contribution in [2.45, 2.75) is 51.4 Å². The number of alkyl halides is 1. The van der Waals surface area contributed by atoms with Crippen LogP contribution in [0.5, 0.6) is 0 Å². The maximum Gasteiger partial charge on any atom is 0.407 e. The van der Waals surface area contributed by atoms with Gasteiger partial charge < -0.3 is 20.1 Å². The zero-order valence-electron chi connectivity index (χ0n) is 12.8. The molecule has 2 N–H and O–H groups in total. The molecule has 20 heavy (non-hydrogen) atoms. The fourth-order valence-electron chi connectivity index (χ4n) is 1.43. The van der Waals surface area contributed by atoms with Gasteiger partial charge in [0.15, 0.2) is 0 Å². The molecule has 0 aliphatic heterocycles. The molecule has 0 aliphatic carbocycles. The largest absolute Gasteiger partial charge is 0.444 e. The standard InChI is InChI=1S/C13H25FN2O4/c1-13(2,3)20-12(19)15-9(10(17)8-14)6-7-11(18)16(4)5/h9-10,17H,6-8H2,1-5H3,(H,15,19)/t9-,10?/m0/s1. The number of rotatable bonds is 6. The molecule has 0 bridgehead atoms. The van der Waals surface area contributed by atoms with E-state index in [1.807, 2.05) is 0 Å². The van der Waals surface area contributed by atoms with Gasteiger partial charge in [0.05, 0.1) is 6.04 Å². The Morgan fingerprint density at radius 3 is 2.30 bits per heavy atom. The predicted molar refractivity (Wildman–Crippen MR) is 73.1 cm³/mol. The Bertz CT molecular complexity index is 329. The highest BCUT2D eigenvalue weighted by Gasteiger charge is 2.25. The van der Waals surface area contributed by atoms with Gasteiger partial charge in [-0.25, -0.2) is 9.18 Å². The van der Waals surface area contributed by atoms with Gasteiger partial charge >= 0.3 is 6.09 Å². The van der Waals surface area contributed by atoms with Gasteiger partial charge in [-0.2, -0.15) is 0 Å². The van der Waals surface area contributed by atoms with Gasteiger partial charge in [-0.1, -0.05) is 0 Å². The molecule has 0 heterocycles. The van der Waals surface area contributed by atoms with Crippen LogP contribution in [0.4, 0.5) is 9.18 Å². The molecule has 0 fully saturated rings. The SMILES string of the molecule is CN(C)C(=O)CC[C@H](NC(=O)OC(C)(C)C)C(O)CF. The van der Waals surface area contributed by atoms with Crippen molar-refractivity contribution in [1.29, 1.82) is 0 Å². The number of carbonyl (C=O) groups is 2. The van der Waals surface area contributed by atoms with E-state index in [1.54, 1.807) is 34.9 Å². The van der Waals surface area contributed by atoms with Gasteiger partial charge in [0.1, 0.15) is 18.4 Å². The van der Waals surface area contributed by atoms with Crippen LogP contribution in [-0.2, 0) is 9.53 Å². The van der Waals surface area contributed by atoms with Crippen molar-refractivity contribution in [2.24, 2.45) is 0 Å². The normalized spacial score (nSPS) is 14.3.